The first-order chi connectivity index (χ1) is 9.72. The summed E-state index contributed by atoms with van der Waals surface area (Å²) < 4.78 is 0. The Balaban J connectivity index is 2.11. The normalized spacial score (nSPS) is 20.9. The Morgan fingerprint density at radius 1 is 1.25 bits per heavy atom. The number of carbonyl (C=O) groups is 1. The number of halogens is 1. The third-order valence-corrected chi connectivity index (χ3v) is 3.76. The molecule has 0 amide bonds. The van der Waals surface area contributed by atoms with E-state index in [9.17, 15) is 4.79 Å². The first-order valence-corrected chi connectivity index (χ1v) is 7.45. The topological polar surface area (TPSA) is 17.1 Å². The average Bonchev–Trinajstić information content (AvgIpc) is 2.74. The highest BCUT2D eigenvalue weighted by Crippen LogP contribution is 2.32. The zero-order valence-electron chi connectivity index (χ0n) is 11.7. The Morgan fingerprint density at radius 3 is 2.70 bits per heavy atom. The standard InChI is InChI=1S/C18H19ClO/c1-2-3-11-15-13-17(19)18(20)16(15)12-7-10-14-8-5-4-6-9-14/h4-10,12-13,15H,2-3,11H2,1H3/b10-7+,16-12-. The number of allylic oxidation sites excluding steroid dienone is 5. The molecule has 0 N–H and O–H groups in total. The van der Waals surface area contributed by atoms with Gasteiger partial charge in [0.25, 0.3) is 0 Å². The monoisotopic (exact) mass is 286 g/mol. The number of carbonyl (C=O) groups excluding carboxylic acids is 1. The second kappa shape index (κ2) is 7.25. The summed E-state index contributed by atoms with van der Waals surface area (Å²) in [4.78, 5) is 12.0. The summed E-state index contributed by atoms with van der Waals surface area (Å²) in [6.07, 6.45) is 11.0. The van der Waals surface area contributed by atoms with E-state index in [1.54, 1.807) is 0 Å². The quantitative estimate of drug-likeness (QED) is 0.685. The molecule has 20 heavy (non-hydrogen) atoms. The van der Waals surface area contributed by atoms with E-state index in [1.165, 1.54) is 0 Å². The van der Waals surface area contributed by atoms with Gasteiger partial charge in [0.05, 0.1) is 5.03 Å². The van der Waals surface area contributed by atoms with Crippen LogP contribution in [0.4, 0.5) is 0 Å². The summed E-state index contributed by atoms with van der Waals surface area (Å²) in [5.41, 5.74) is 1.94. The Bertz CT molecular complexity index is 552. The van der Waals surface area contributed by atoms with E-state index in [1.807, 2.05) is 54.6 Å². The van der Waals surface area contributed by atoms with E-state index < -0.39 is 0 Å². The summed E-state index contributed by atoms with van der Waals surface area (Å²) in [7, 11) is 0. The van der Waals surface area contributed by atoms with Crippen molar-refractivity contribution < 1.29 is 4.79 Å². The third kappa shape index (κ3) is 3.71. The molecule has 0 saturated carbocycles. The van der Waals surface area contributed by atoms with Gasteiger partial charge in [-0.2, -0.15) is 0 Å². The van der Waals surface area contributed by atoms with Crippen molar-refractivity contribution in [2.75, 3.05) is 0 Å². The van der Waals surface area contributed by atoms with Crippen molar-refractivity contribution in [3.05, 3.63) is 64.7 Å². The fraction of sp³-hybridized carbons (Fsp3) is 0.278. The molecule has 1 nitrogen and oxygen atoms in total. The molecule has 0 heterocycles. The van der Waals surface area contributed by atoms with Crippen LogP contribution in [0.1, 0.15) is 31.7 Å². The average molecular weight is 287 g/mol. The molecule has 1 aliphatic rings. The molecule has 1 unspecified atom stereocenters. The number of rotatable bonds is 5. The van der Waals surface area contributed by atoms with Gasteiger partial charge >= 0.3 is 0 Å². The second-order valence-corrected chi connectivity index (χ2v) is 5.39. The van der Waals surface area contributed by atoms with Gasteiger partial charge in [-0.1, -0.05) is 86.0 Å². The molecule has 0 spiro atoms. The van der Waals surface area contributed by atoms with Crippen LogP contribution in [0.15, 0.2) is 59.2 Å². The van der Waals surface area contributed by atoms with Crippen LogP contribution in [0.5, 0.6) is 0 Å². The third-order valence-electron chi connectivity index (χ3n) is 3.46. The maximum absolute atomic E-state index is 12.0. The molecular formula is C18H19ClO. The molecular weight excluding hydrogens is 268 g/mol. The lowest BCUT2D eigenvalue weighted by molar-refractivity contribution is -0.111. The summed E-state index contributed by atoms with van der Waals surface area (Å²) in [6.45, 7) is 2.15. The summed E-state index contributed by atoms with van der Waals surface area (Å²) >= 11 is 5.97. The number of unbranched alkanes of at least 4 members (excludes halogenated alkanes) is 1. The van der Waals surface area contributed by atoms with E-state index in [0.717, 1.165) is 30.4 Å². The van der Waals surface area contributed by atoms with Crippen molar-refractivity contribution in [3.8, 4) is 0 Å². The summed E-state index contributed by atoms with van der Waals surface area (Å²) in [6, 6.07) is 10.0. The van der Waals surface area contributed by atoms with Crippen molar-refractivity contribution in [2.24, 2.45) is 5.92 Å². The molecule has 2 heteroatoms. The molecule has 0 saturated heterocycles. The maximum atomic E-state index is 12.0. The molecule has 0 aliphatic heterocycles. The number of hydrogen-bond donors (Lipinski definition) is 0. The molecule has 1 aromatic rings. The van der Waals surface area contributed by atoms with Gasteiger partial charge in [-0.3, -0.25) is 4.79 Å². The van der Waals surface area contributed by atoms with Crippen LogP contribution < -0.4 is 0 Å². The Hall–Kier alpha value is -1.60. The first-order valence-electron chi connectivity index (χ1n) is 7.07. The highest BCUT2D eigenvalue weighted by Gasteiger charge is 2.27. The van der Waals surface area contributed by atoms with Crippen LogP contribution in [0, 0.1) is 5.92 Å². The van der Waals surface area contributed by atoms with E-state index in [0.29, 0.717) is 5.03 Å². The van der Waals surface area contributed by atoms with Gasteiger partial charge in [0.1, 0.15) is 0 Å². The van der Waals surface area contributed by atoms with Crippen LogP contribution in [0.2, 0.25) is 0 Å². The minimum atomic E-state index is -0.0227. The van der Waals surface area contributed by atoms with Crippen molar-refractivity contribution in [3.63, 3.8) is 0 Å². The number of hydrogen-bond acceptors (Lipinski definition) is 1. The Kier molecular flexibility index (Phi) is 5.37. The van der Waals surface area contributed by atoms with Crippen LogP contribution in [0.3, 0.4) is 0 Å². The smallest absolute Gasteiger partial charge is 0.200 e. The number of ketones is 1. The predicted molar refractivity (Wildman–Crippen MR) is 85.5 cm³/mol. The lowest BCUT2D eigenvalue weighted by Crippen LogP contribution is -2.03. The predicted octanol–water partition coefficient (Wildman–Crippen LogP) is 5.14. The molecule has 1 aromatic carbocycles. The van der Waals surface area contributed by atoms with Gasteiger partial charge in [0, 0.05) is 11.5 Å². The van der Waals surface area contributed by atoms with Crippen molar-refractivity contribution in [1.82, 2.24) is 0 Å². The maximum Gasteiger partial charge on any atom is 0.200 e. The molecule has 1 atom stereocenters. The van der Waals surface area contributed by atoms with E-state index >= 15 is 0 Å². The van der Waals surface area contributed by atoms with Crippen LogP contribution in [-0.4, -0.2) is 5.78 Å². The lowest BCUT2D eigenvalue weighted by atomic mass is 9.95. The van der Waals surface area contributed by atoms with E-state index in [2.05, 4.69) is 6.92 Å². The van der Waals surface area contributed by atoms with Crippen LogP contribution in [-0.2, 0) is 4.79 Å². The fourth-order valence-corrected chi connectivity index (χ4v) is 2.60. The minimum absolute atomic E-state index is 0.0227. The van der Waals surface area contributed by atoms with Gasteiger partial charge < -0.3 is 0 Å². The van der Waals surface area contributed by atoms with E-state index in [4.69, 9.17) is 11.6 Å². The van der Waals surface area contributed by atoms with Crippen LogP contribution >= 0.6 is 11.6 Å². The molecule has 0 aromatic heterocycles. The van der Waals surface area contributed by atoms with Crippen LogP contribution in [0.25, 0.3) is 6.08 Å². The Morgan fingerprint density at radius 2 is 2.00 bits per heavy atom. The number of benzene rings is 1. The minimum Gasteiger partial charge on any atom is -0.288 e. The van der Waals surface area contributed by atoms with Crippen molar-refractivity contribution in [1.29, 1.82) is 0 Å². The molecule has 0 radical (unpaired) electrons. The molecule has 0 bridgehead atoms. The number of Topliss-reactive ketones (excluding diaryl/α,β-unsaturated/α-hetero) is 1. The first kappa shape index (κ1) is 14.8. The van der Waals surface area contributed by atoms with Gasteiger partial charge in [0.15, 0.2) is 0 Å². The molecule has 1 aliphatic carbocycles. The highest BCUT2D eigenvalue weighted by atomic mass is 35.5. The highest BCUT2D eigenvalue weighted by molar-refractivity contribution is 6.46. The van der Waals surface area contributed by atoms with Gasteiger partial charge in [-0.05, 0) is 12.0 Å². The molecule has 0 fully saturated rings. The van der Waals surface area contributed by atoms with Crippen molar-refractivity contribution in [2.45, 2.75) is 26.2 Å². The zero-order valence-corrected chi connectivity index (χ0v) is 12.4. The second-order valence-electron chi connectivity index (χ2n) is 4.98. The fourth-order valence-electron chi connectivity index (χ4n) is 2.34. The van der Waals surface area contributed by atoms with Crippen molar-refractivity contribution >= 4 is 23.5 Å². The SMILES string of the molecule is CCCCC1C=C(Cl)C(=O)/C1=C\C=C\c1ccccc1. The van der Waals surface area contributed by atoms with E-state index in [-0.39, 0.29) is 11.7 Å². The van der Waals surface area contributed by atoms with Gasteiger partial charge in [-0.25, -0.2) is 0 Å². The van der Waals surface area contributed by atoms with Gasteiger partial charge in [0.2, 0.25) is 5.78 Å². The molecule has 2 rings (SSSR count). The largest absolute Gasteiger partial charge is 0.288 e. The zero-order chi connectivity index (χ0) is 14.4. The summed E-state index contributed by atoms with van der Waals surface area (Å²) in [5.74, 6) is 0.154. The van der Waals surface area contributed by atoms with Gasteiger partial charge in [-0.15, -0.1) is 0 Å². The molecule has 104 valence electrons. The Labute approximate surface area is 125 Å². The summed E-state index contributed by atoms with van der Waals surface area (Å²) in [5, 5.41) is 0.366. The lowest BCUT2D eigenvalue weighted by Gasteiger charge is -2.08.